The number of cyclic esters (lactones) is 1. The quantitative estimate of drug-likeness (QED) is 0.853. The highest BCUT2D eigenvalue weighted by Gasteiger charge is 2.32. The van der Waals surface area contributed by atoms with Gasteiger partial charge in [0.05, 0.1) is 13.1 Å². The van der Waals surface area contributed by atoms with Crippen molar-refractivity contribution in [3.05, 3.63) is 60.2 Å². The Morgan fingerprint density at radius 3 is 2.41 bits per heavy atom. The molecule has 1 atom stereocenters. The molecule has 0 spiro atoms. The second kappa shape index (κ2) is 7.70. The molecule has 0 aromatic heterocycles. The lowest BCUT2D eigenvalue weighted by molar-refractivity contribution is 0.141. The summed E-state index contributed by atoms with van der Waals surface area (Å²) in [4.78, 5) is 25.7. The van der Waals surface area contributed by atoms with Gasteiger partial charge in [-0.3, -0.25) is 4.90 Å². The van der Waals surface area contributed by atoms with Gasteiger partial charge in [-0.2, -0.15) is 0 Å². The summed E-state index contributed by atoms with van der Waals surface area (Å²) in [5.74, 6) is 0. The zero-order chi connectivity index (χ0) is 19.4. The van der Waals surface area contributed by atoms with Crippen LogP contribution in [0.4, 0.5) is 21.0 Å². The summed E-state index contributed by atoms with van der Waals surface area (Å²) < 4.78 is 5.37. The van der Waals surface area contributed by atoms with Gasteiger partial charge in [0.25, 0.3) is 0 Å². The van der Waals surface area contributed by atoms with Crippen molar-refractivity contribution >= 4 is 23.5 Å². The fourth-order valence-electron chi connectivity index (χ4n) is 2.88. The predicted octanol–water partition coefficient (Wildman–Crippen LogP) is 4.13. The van der Waals surface area contributed by atoms with Gasteiger partial charge in [0.15, 0.2) is 0 Å². The van der Waals surface area contributed by atoms with Crippen molar-refractivity contribution in [2.24, 2.45) is 0 Å². The molecule has 1 heterocycles. The molecule has 2 aromatic rings. The Bertz CT molecular complexity index is 798. The summed E-state index contributed by atoms with van der Waals surface area (Å²) in [5.41, 5.74) is 2.76. The average molecular weight is 367 g/mol. The maximum atomic E-state index is 12.2. The van der Waals surface area contributed by atoms with Crippen LogP contribution in [0.3, 0.4) is 0 Å². The highest BCUT2D eigenvalue weighted by molar-refractivity contribution is 5.91. The van der Waals surface area contributed by atoms with Crippen LogP contribution in [0.2, 0.25) is 0 Å². The Morgan fingerprint density at radius 2 is 1.78 bits per heavy atom. The van der Waals surface area contributed by atoms with Crippen molar-refractivity contribution in [3.8, 4) is 0 Å². The molecule has 0 radical (unpaired) electrons. The normalized spacial score (nSPS) is 16.8. The largest absolute Gasteiger partial charge is 0.442 e. The lowest BCUT2D eigenvalue weighted by Gasteiger charge is -2.20. The smallest absolute Gasteiger partial charge is 0.414 e. The molecule has 142 valence electrons. The number of carbonyl (C=O) groups excluding carboxylic acids is 2. The Morgan fingerprint density at radius 1 is 1.11 bits per heavy atom. The second-order valence-corrected chi connectivity index (χ2v) is 7.61. The van der Waals surface area contributed by atoms with Crippen LogP contribution in [0.5, 0.6) is 0 Å². The van der Waals surface area contributed by atoms with E-state index in [4.69, 9.17) is 4.74 Å². The number of benzene rings is 2. The molecule has 1 unspecified atom stereocenters. The van der Waals surface area contributed by atoms with E-state index in [1.165, 1.54) is 5.56 Å². The number of hydrogen-bond acceptors (Lipinski definition) is 3. The molecule has 6 nitrogen and oxygen atoms in total. The van der Waals surface area contributed by atoms with Crippen LogP contribution >= 0.6 is 0 Å². The first-order chi connectivity index (χ1) is 12.8. The Kier molecular flexibility index (Phi) is 5.35. The molecule has 2 aromatic carbocycles. The number of para-hydroxylation sites is 1. The standard InChI is InChI=1S/C21H25N3O3/c1-21(2,3)15-9-11-17(12-10-15)24-14-18(27-20(24)26)13-22-19(25)23-16-7-5-4-6-8-16/h4-12,18H,13-14H2,1-3H3,(H2,22,23,25). The third-order valence-electron chi connectivity index (χ3n) is 4.44. The Hall–Kier alpha value is -3.02. The molecule has 0 saturated carbocycles. The van der Waals surface area contributed by atoms with Crippen LogP contribution in [-0.2, 0) is 10.2 Å². The van der Waals surface area contributed by atoms with E-state index >= 15 is 0 Å². The Balaban J connectivity index is 1.53. The summed E-state index contributed by atoms with van der Waals surface area (Å²) in [5, 5.41) is 5.48. The van der Waals surface area contributed by atoms with Crippen LogP contribution in [-0.4, -0.2) is 31.3 Å². The summed E-state index contributed by atoms with van der Waals surface area (Å²) in [6, 6.07) is 16.8. The van der Waals surface area contributed by atoms with Gasteiger partial charge in [-0.15, -0.1) is 0 Å². The molecule has 6 heteroatoms. The molecular formula is C21H25N3O3. The first kappa shape index (κ1) is 18.8. The molecule has 1 fully saturated rings. The fraction of sp³-hybridized carbons (Fsp3) is 0.333. The summed E-state index contributed by atoms with van der Waals surface area (Å²) in [6.45, 7) is 7.09. The SMILES string of the molecule is CC(C)(C)c1ccc(N2CC(CNC(=O)Nc3ccccc3)OC2=O)cc1. The van der Waals surface area contributed by atoms with E-state index in [9.17, 15) is 9.59 Å². The van der Waals surface area contributed by atoms with Crippen molar-refractivity contribution in [1.29, 1.82) is 0 Å². The summed E-state index contributed by atoms with van der Waals surface area (Å²) in [6.07, 6.45) is -0.782. The maximum absolute atomic E-state index is 12.2. The topological polar surface area (TPSA) is 70.7 Å². The lowest BCUT2D eigenvalue weighted by Crippen LogP contribution is -2.37. The van der Waals surface area contributed by atoms with Crippen LogP contribution in [0.15, 0.2) is 54.6 Å². The van der Waals surface area contributed by atoms with Gasteiger partial charge in [0, 0.05) is 11.4 Å². The summed E-state index contributed by atoms with van der Waals surface area (Å²) in [7, 11) is 0. The van der Waals surface area contributed by atoms with E-state index in [0.29, 0.717) is 12.2 Å². The number of nitrogens with zero attached hydrogens (tertiary/aromatic N) is 1. The second-order valence-electron chi connectivity index (χ2n) is 7.61. The lowest BCUT2D eigenvalue weighted by atomic mass is 9.87. The number of ether oxygens (including phenoxy) is 1. The highest BCUT2D eigenvalue weighted by atomic mass is 16.6. The van der Waals surface area contributed by atoms with E-state index in [2.05, 4.69) is 31.4 Å². The minimum atomic E-state index is -0.395. The maximum Gasteiger partial charge on any atom is 0.414 e. The Labute approximate surface area is 159 Å². The van der Waals surface area contributed by atoms with Crippen molar-refractivity contribution in [2.75, 3.05) is 23.3 Å². The summed E-state index contributed by atoms with van der Waals surface area (Å²) >= 11 is 0. The van der Waals surface area contributed by atoms with Crippen LogP contribution < -0.4 is 15.5 Å². The number of rotatable bonds is 4. The average Bonchev–Trinajstić information content (AvgIpc) is 3.01. The molecule has 3 rings (SSSR count). The van der Waals surface area contributed by atoms with Gasteiger partial charge >= 0.3 is 12.1 Å². The molecule has 1 aliphatic rings. The predicted molar refractivity (Wildman–Crippen MR) is 106 cm³/mol. The van der Waals surface area contributed by atoms with E-state index in [0.717, 1.165) is 5.69 Å². The van der Waals surface area contributed by atoms with E-state index in [1.807, 2.05) is 42.5 Å². The highest BCUT2D eigenvalue weighted by Crippen LogP contribution is 2.27. The zero-order valence-corrected chi connectivity index (χ0v) is 15.9. The van der Waals surface area contributed by atoms with E-state index < -0.39 is 6.09 Å². The van der Waals surface area contributed by atoms with Gasteiger partial charge in [-0.25, -0.2) is 9.59 Å². The van der Waals surface area contributed by atoms with Gasteiger partial charge in [0.1, 0.15) is 6.10 Å². The first-order valence-electron chi connectivity index (χ1n) is 9.01. The van der Waals surface area contributed by atoms with E-state index in [-0.39, 0.29) is 24.1 Å². The monoisotopic (exact) mass is 367 g/mol. The van der Waals surface area contributed by atoms with Gasteiger partial charge < -0.3 is 15.4 Å². The number of nitrogens with one attached hydrogen (secondary N) is 2. The minimum absolute atomic E-state index is 0.0582. The van der Waals surface area contributed by atoms with Crippen molar-refractivity contribution in [1.82, 2.24) is 5.32 Å². The molecule has 27 heavy (non-hydrogen) atoms. The molecule has 1 aliphatic heterocycles. The van der Waals surface area contributed by atoms with E-state index in [1.54, 1.807) is 17.0 Å². The zero-order valence-electron chi connectivity index (χ0n) is 15.9. The number of urea groups is 1. The minimum Gasteiger partial charge on any atom is -0.442 e. The van der Waals surface area contributed by atoms with Crippen LogP contribution in [0.1, 0.15) is 26.3 Å². The van der Waals surface area contributed by atoms with Crippen LogP contribution in [0.25, 0.3) is 0 Å². The number of carbonyl (C=O) groups is 2. The first-order valence-corrected chi connectivity index (χ1v) is 9.01. The third-order valence-corrected chi connectivity index (χ3v) is 4.44. The molecule has 0 aliphatic carbocycles. The molecular weight excluding hydrogens is 342 g/mol. The van der Waals surface area contributed by atoms with Crippen molar-refractivity contribution < 1.29 is 14.3 Å². The fourth-order valence-corrected chi connectivity index (χ4v) is 2.88. The molecule has 2 N–H and O–H groups in total. The molecule has 0 bridgehead atoms. The van der Waals surface area contributed by atoms with Crippen molar-refractivity contribution in [2.45, 2.75) is 32.3 Å². The number of anilines is 2. The molecule has 1 saturated heterocycles. The number of hydrogen-bond donors (Lipinski definition) is 2. The third kappa shape index (κ3) is 4.78. The van der Waals surface area contributed by atoms with Crippen molar-refractivity contribution in [3.63, 3.8) is 0 Å². The molecule has 3 amide bonds. The number of amides is 3. The van der Waals surface area contributed by atoms with Gasteiger partial charge in [0.2, 0.25) is 0 Å². The van der Waals surface area contributed by atoms with Gasteiger partial charge in [-0.1, -0.05) is 51.1 Å². The van der Waals surface area contributed by atoms with Crippen LogP contribution in [0, 0.1) is 0 Å². The van der Waals surface area contributed by atoms with Gasteiger partial charge in [-0.05, 0) is 35.2 Å².